The molecule has 0 bridgehead atoms. The van der Waals surface area contributed by atoms with Crippen LogP contribution < -0.4 is 5.43 Å². The van der Waals surface area contributed by atoms with Crippen LogP contribution in [0.15, 0.2) is 53.3 Å². The highest BCUT2D eigenvalue weighted by Gasteiger charge is 2.19. The number of rotatable bonds is 25. The fraction of sp³-hybridized carbons (Fsp3) is 0.500. The number of nitrogens with zero attached hydrogens (tertiary/aromatic N) is 5. The molecule has 0 aliphatic carbocycles. The van der Waals surface area contributed by atoms with E-state index in [0.29, 0.717) is 81.5 Å². The Kier molecular flexibility index (Phi) is 17.5. The highest BCUT2D eigenvalue weighted by Crippen LogP contribution is 2.28. The lowest BCUT2D eigenvalue weighted by molar-refractivity contribution is -0.137. The molecule has 0 fully saturated rings. The Balaban J connectivity index is 1.48. The van der Waals surface area contributed by atoms with Gasteiger partial charge in [-0.15, -0.1) is 0 Å². The maximum Gasteiger partial charge on any atom is 0.303 e. The minimum Gasteiger partial charge on any atom is -0.481 e. The van der Waals surface area contributed by atoms with Crippen LogP contribution in [0.5, 0.6) is 0 Å². The van der Waals surface area contributed by atoms with Crippen molar-refractivity contribution in [3.8, 4) is 22.3 Å². The van der Waals surface area contributed by atoms with Crippen LogP contribution in [0, 0.1) is 0 Å². The highest BCUT2D eigenvalue weighted by molar-refractivity contribution is 7.90. The van der Waals surface area contributed by atoms with Gasteiger partial charge in [-0.1, -0.05) is 0 Å². The van der Waals surface area contributed by atoms with Gasteiger partial charge in [-0.25, -0.2) is 42.2 Å². The number of carbonyl (C=O) groups excluding carboxylic acids is 1. The molecule has 0 aliphatic heterocycles. The van der Waals surface area contributed by atoms with Crippen molar-refractivity contribution in [3.63, 3.8) is 0 Å². The average Bonchev–Trinajstić information content (AvgIpc) is 3.11. The first-order chi connectivity index (χ1) is 24.8. The number of aliphatic carboxylic acids is 1. The van der Waals surface area contributed by atoms with Crippen molar-refractivity contribution < 1.29 is 55.2 Å². The van der Waals surface area contributed by atoms with Gasteiger partial charge in [0.1, 0.15) is 0 Å². The predicted molar refractivity (Wildman–Crippen MR) is 186 cm³/mol. The van der Waals surface area contributed by atoms with Crippen LogP contribution >= 0.6 is 0 Å². The standard InChI is InChI=1S/C32H44N6O12S2/c1-33-38(6-8-47-10-12-49-14-16-50-15-13-48-11-9-46-7-4-5-29(39)40)30(41)26-18-24(27-20-34-31(35-21-27)51(2,42)43)17-25(19-26)28-22-36-32(37-23-28)52(3,44)45/h17-23,33H,4-16H2,1-3H3,(H,39,40). The quantitative estimate of drug-likeness (QED) is 0.0693. The zero-order valence-corrected chi connectivity index (χ0v) is 30.9. The number of sulfone groups is 2. The topological polar surface area (TPSA) is 236 Å². The van der Waals surface area contributed by atoms with E-state index in [9.17, 15) is 26.4 Å². The normalized spacial score (nSPS) is 11.8. The van der Waals surface area contributed by atoms with Crippen molar-refractivity contribution in [3.05, 3.63) is 48.5 Å². The summed E-state index contributed by atoms with van der Waals surface area (Å²) in [7, 11) is -5.68. The molecule has 20 heteroatoms. The van der Waals surface area contributed by atoms with Gasteiger partial charge < -0.3 is 28.8 Å². The van der Waals surface area contributed by atoms with Gasteiger partial charge in [-0.05, 0) is 35.7 Å². The number of hydrogen-bond acceptors (Lipinski definition) is 16. The van der Waals surface area contributed by atoms with Crippen molar-refractivity contribution in [1.82, 2.24) is 30.4 Å². The van der Waals surface area contributed by atoms with E-state index in [1.54, 1.807) is 25.2 Å². The molecule has 3 aromatic rings. The summed E-state index contributed by atoms with van der Waals surface area (Å²) >= 11 is 0. The fourth-order valence-corrected chi connectivity index (χ4v) is 5.31. The van der Waals surface area contributed by atoms with Crippen molar-refractivity contribution in [2.75, 3.05) is 92.2 Å². The monoisotopic (exact) mass is 768 g/mol. The second kappa shape index (κ2) is 21.5. The molecule has 52 heavy (non-hydrogen) atoms. The van der Waals surface area contributed by atoms with E-state index in [-0.39, 0.29) is 42.1 Å². The Morgan fingerprint density at radius 3 is 1.38 bits per heavy atom. The third-order valence-corrected chi connectivity index (χ3v) is 8.66. The van der Waals surface area contributed by atoms with Gasteiger partial charge >= 0.3 is 5.97 Å². The summed E-state index contributed by atoms with van der Waals surface area (Å²) in [5.74, 6) is -1.25. The van der Waals surface area contributed by atoms with Gasteiger partial charge in [0.05, 0.1) is 66.0 Å². The summed E-state index contributed by atoms with van der Waals surface area (Å²) < 4.78 is 74.7. The van der Waals surface area contributed by atoms with E-state index in [1.807, 2.05) is 0 Å². The van der Waals surface area contributed by atoms with E-state index < -0.39 is 31.6 Å². The molecular formula is C32H44N6O12S2. The molecule has 0 unspecified atom stereocenters. The van der Waals surface area contributed by atoms with E-state index in [4.69, 9.17) is 28.8 Å². The first-order valence-electron chi connectivity index (χ1n) is 16.1. The zero-order valence-electron chi connectivity index (χ0n) is 29.2. The van der Waals surface area contributed by atoms with Crippen LogP contribution in [-0.4, -0.2) is 151 Å². The summed E-state index contributed by atoms with van der Waals surface area (Å²) in [4.78, 5) is 39.9. The van der Waals surface area contributed by atoms with Gasteiger partial charge in [0.25, 0.3) is 5.91 Å². The maximum atomic E-state index is 13.7. The summed E-state index contributed by atoms with van der Waals surface area (Å²) in [6, 6.07) is 4.91. The summed E-state index contributed by atoms with van der Waals surface area (Å²) in [6.07, 6.45) is 7.88. The number of hydrogen-bond donors (Lipinski definition) is 2. The van der Waals surface area contributed by atoms with Crippen LogP contribution in [0.1, 0.15) is 23.2 Å². The average molecular weight is 769 g/mol. The summed E-state index contributed by atoms with van der Waals surface area (Å²) in [5.41, 5.74) is 4.96. The second-order valence-electron chi connectivity index (χ2n) is 11.1. The molecule has 18 nitrogen and oxygen atoms in total. The molecular weight excluding hydrogens is 725 g/mol. The third-order valence-electron chi connectivity index (χ3n) is 6.91. The first-order valence-corrected chi connectivity index (χ1v) is 19.9. The summed E-state index contributed by atoms with van der Waals surface area (Å²) in [6.45, 7) is 3.67. The Labute approximate surface area is 302 Å². The van der Waals surface area contributed by atoms with Crippen LogP contribution in [0.3, 0.4) is 0 Å². The number of ether oxygens (including phenoxy) is 5. The molecule has 0 spiro atoms. The SMILES string of the molecule is CNN(CCOCCOCCOCCOCCOCCCC(=O)O)C(=O)c1cc(-c2cnc(S(C)(=O)=O)nc2)cc(-c2cnc(S(C)(=O)=O)nc2)c1. The van der Waals surface area contributed by atoms with Gasteiger partial charge in [0.15, 0.2) is 0 Å². The van der Waals surface area contributed by atoms with E-state index >= 15 is 0 Å². The molecule has 2 N–H and O–H groups in total. The molecule has 3 rings (SSSR count). The lowest BCUT2D eigenvalue weighted by atomic mass is 9.98. The predicted octanol–water partition coefficient (Wildman–Crippen LogP) is 0.932. The molecule has 0 saturated heterocycles. The highest BCUT2D eigenvalue weighted by atomic mass is 32.2. The van der Waals surface area contributed by atoms with Crippen LogP contribution in [0.2, 0.25) is 0 Å². The first kappa shape index (κ1) is 42.4. The Bertz CT molecular complexity index is 1700. The molecule has 286 valence electrons. The smallest absolute Gasteiger partial charge is 0.303 e. The molecule has 0 saturated carbocycles. The van der Waals surface area contributed by atoms with E-state index in [2.05, 4.69) is 25.4 Å². The number of benzene rings is 1. The number of amides is 1. The molecule has 0 atom stereocenters. The van der Waals surface area contributed by atoms with Crippen molar-refractivity contribution >= 4 is 31.6 Å². The minimum atomic E-state index is -3.63. The maximum absolute atomic E-state index is 13.7. The zero-order chi connectivity index (χ0) is 38.0. The van der Waals surface area contributed by atoms with Crippen molar-refractivity contribution in [2.24, 2.45) is 0 Å². The van der Waals surface area contributed by atoms with Crippen LogP contribution in [0.4, 0.5) is 0 Å². The third kappa shape index (κ3) is 14.9. The van der Waals surface area contributed by atoms with Crippen LogP contribution in [-0.2, 0) is 48.2 Å². The van der Waals surface area contributed by atoms with Gasteiger partial charge in [-0.2, -0.15) is 0 Å². The molecule has 2 aromatic heterocycles. The summed E-state index contributed by atoms with van der Waals surface area (Å²) in [5, 5.41) is 9.24. The second-order valence-corrected chi connectivity index (χ2v) is 14.9. The van der Waals surface area contributed by atoms with Crippen molar-refractivity contribution in [1.29, 1.82) is 0 Å². The van der Waals surface area contributed by atoms with Gasteiger partial charge in [0, 0.05) is 74.1 Å². The molecule has 1 aromatic carbocycles. The van der Waals surface area contributed by atoms with Gasteiger partial charge in [-0.3, -0.25) is 14.6 Å². The number of aromatic nitrogens is 4. The molecule has 0 aliphatic rings. The van der Waals surface area contributed by atoms with Gasteiger partial charge in [0.2, 0.25) is 30.0 Å². The number of carbonyl (C=O) groups is 2. The molecule has 2 heterocycles. The Morgan fingerprint density at radius 2 is 1.02 bits per heavy atom. The number of carboxylic acid groups (broad SMARTS) is 1. The lowest BCUT2D eigenvalue weighted by Gasteiger charge is -2.22. The Morgan fingerprint density at radius 1 is 0.635 bits per heavy atom. The van der Waals surface area contributed by atoms with Crippen LogP contribution in [0.25, 0.3) is 22.3 Å². The minimum absolute atomic E-state index is 0.0809. The number of nitrogens with one attached hydrogen (secondary N) is 1. The largest absolute Gasteiger partial charge is 0.481 e. The number of carboxylic acids is 1. The number of hydrazine groups is 1. The molecule has 0 radical (unpaired) electrons. The van der Waals surface area contributed by atoms with Crippen molar-refractivity contribution in [2.45, 2.75) is 23.2 Å². The lowest BCUT2D eigenvalue weighted by Crippen LogP contribution is -2.42. The van der Waals surface area contributed by atoms with E-state index in [0.717, 1.165) is 12.5 Å². The van der Waals surface area contributed by atoms with E-state index in [1.165, 1.54) is 29.8 Å². The fourth-order valence-electron chi connectivity index (χ4n) is 4.33. The Hall–Kier alpha value is -4.02. The molecule has 1 amide bonds.